The van der Waals surface area contributed by atoms with E-state index < -0.39 is 0 Å². The second-order valence-corrected chi connectivity index (χ2v) is 5.99. The number of benzene rings is 2. The average molecular weight is 301 g/mol. The Morgan fingerprint density at radius 2 is 1.81 bits per heavy atom. The highest BCUT2D eigenvalue weighted by molar-refractivity contribution is 7.99. The molecule has 0 aromatic heterocycles. The first kappa shape index (κ1) is 15.4. The van der Waals surface area contributed by atoms with Gasteiger partial charge in [-0.15, -0.1) is 11.8 Å². The number of hydrogen-bond donors (Lipinski definition) is 1. The molecule has 2 aromatic rings. The summed E-state index contributed by atoms with van der Waals surface area (Å²) >= 11 is 1.63. The highest BCUT2D eigenvalue weighted by Gasteiger charge is 2.13. The van der Waals surface area contributed by atoms with E-state index in [0.29, 0.717) is 0 Å². The molecule has 21 heavy (non-hydrogen) atoms. The quantitative estimate of drug-likeness (QED) is 0.878. The van der Waals surface area contributed by atoms with Crippen LogP contribution in [-0.2, 0) is 10.5 Å². The van der Waals surface area contributed by atoms with Crippen LogP contribution >= 0.6 is 11.8 Å². The number of hydrogen-bond acceptors (Lipinski definition) is 3. The van der Waals surface area contributed by atoms with Crippen LogP contribution in [0, 0.1) is 0 Å². The standard InChI is InChI=1S/C17H19NO2S/c1-13(21-12-14-6-4-3-5-7-14)17(19)18-15-8-10-16(20-2)11-9-15/h3-11,13H,12H2,1-2H3,(H,18,19)/t13-/m1/s1. The summed E-state index contributed by atoms with van der Waals surface area (Å²) in [7, 11) is 1.62. The molecule has 1 N–H and O–H groups in total. The Labute approximate surface area is 129 Å². The summed E-state index contributed by atoms with van der Waals surface area (Å²) in [6, 6.07) is 17.5. The van der Waals surface area contributed by atoms with Crippen molar-refractivity contribution in [2.45, 2.75) is 17.9 Å². The van der Waals surface area contributed by atoms with Crippen LogP contribution in [-0.4, -0.2) is 18.3 Å². The molecule has 4 heteroatoms. The van der Waals surface area contributed by atoms with E-state index in [-0.39, 0.29) is 11.2 Å². The van der Waals surface area contributed by atoms with E-state index in [0.717, 1.165) is 17.2 Å². The maximum absolute atomic E-state index is 12.1. The Morgan fingerprint density at radius 3 is 2.43 bits per heavy atom. The lowest BCUT2D eigenvalue weighted by atomic mass is 10.2. The van der Waals surface area contributed by atoms with Crippen molar-refractivity contribution in [2.24, 2.45) is 0 Å². The zero-order valence-electron chi connectivity index (χ0n) is 12.2. The van der Waals surface area contributed by atoms with Crippen LogP contribution < -0.4 is 10.1 Å². The van der Waals surface area contributed by atoms with Gasteiger partial charge in [0.25, 0.3) is 0 Å². The van der Waals surface area contributed by atoms with Gasteiger partial charge in [-0.25, -0.2) is 0 Å². The molecule has 0 heterocycles. The lowest BCUT2D eigenvalue weighted by molar-refractivity contribution is -0.115. The molecule has 1 amide bonds. The Hall–Kier alpha value is -1.94. The molecule has 0 aliphatic carbocycles. The number of carbonyl (C=O) groups is 1. The van der Waals surface area contributed by atoms with E-state index in [1.165, 1.54) is 5.56 Å². The second kappa shape index (κ2) is 7.74. The van der Waals surface area contributed by atoms with Crippen molar-refractivity contribution in [1.29, 1.82) is 0 Å². The number of anilines is 1. The van der Waals surface area contributed by atoms with Crippen LogP contribution in [0.4, 0.5) is 5.69 Å². The SMILES string of the molecule is COc1ccc(NC(=O)[C@@H](C)SCc2ccccc2)cc1. The number of rotatable bonds is 6. The zero-order chi connectivity index (χ0) is 15.1. The van der Waals surface area contributed by atoms with E-state index in [1.54, 1.807) is 18.9 Å². The molecular weight excluding hydrogens is 282 g/mol. The average Bonchev–Trinajstić information content (AvgIpc) is 2.54. The molecule has 0 fully saturated rings. The molecule has 0 bridgehead atoms. The van der Waals surface area contributed by atoms with Crippen LogP contribution in [0.3, 0.4) is 0 Å². The molecule has 0 aliphatic rings. The summed E-state index contributed by atoms with van der Waals surface area (Å²) in [6.45, 7) is 1.92. The van der Waals surface area contributed by atoms with Gasteiger partial charge in [0, 0.05) is 11.4 Å². The number of carbonyl (C=O) groups excluding carboxylic acids is 1. The summed E-state index contributed by atoms with van der Waals surface area (Å²) in [5.74, 6) is 1.62. The molecule has 2 aromatic carbocycles. The number of methoxy groups -OCH3 is 1. The largest absolute Gasteiger partial charge is 0.497 e. The molecule has 110 valence electrons. The Bertz CT molecular complexity index is 569. The summed E-state index contributed by atoms with van der Waals surface area (Å²) in [4.78, 5) is 12.1. The van der Waals surface area contributed by atoms with Crippen molar-refractivity contribution in [1.82, 2.24) is 0 Å². The van der Waals surface area contributed by atoms with Crippen molar-refractivity contribution in [3.63, 3.8) is 0 Å². The predicted octanol–water partition coefficient (Wildman–Crippen LogP) is 3.96. The fraction of sp³-hybridized carbons (Fsp3) is 0.235. The number of nitrogens with one attached hydrogen (secondary N) is 1. The zero-order valence-corrected chi connectivity index (χ0v) is 13.0. The van der Waals surface area contributed by atoms with Gasteiger partial charge in [0.1, 0.15) is 5.75 Å². The molecule has 3 nitrogen and oxygen atoms in total. The molecule has 1 atom stereocenters. The third-order valence-electron chi connectivity index (χ3n) is 3.07. The van der Waals surface area contributed by atoms with E-state index >= 15 is 0 Å². The smallest absolute Gasteiger partial charge is 0.237 e. The molecule has 0 spiro atoms. The van der Waals surface area contributed by atoms with Crippen LogP contribution in [0.15, 0.2) is 54.6 Å². The summed E-state index contributed by atoms with van der Waals surface area (Å²) in [5, 5.41) is 2.81. The monoisotopic (exact) mass is 301 g/mol. The number of ether oxygens (including phenoxy) is 1. The van der Waals surface area contributed by atoms with Gasteiger partial charge in [-0.2, -0.15) is 0 Å². The summed E-state index contributed by atoms with van der Waals surface area (Å²) in [5.41, 5.74) is 2.01. The van der Waals surface area contributed by atoms with Gasteiger partial charge < -0.3 is 10.1 Å². The van der Waals surface area contributed by atoms with Gasteiger partial charge in [-0.1, -0.05) is 30.3 Å². The molecule has 0 saturated heterocycles. The fourth-order valence-corrected chi connectivity index (χ4v) is 2.63. The van der Waals surface area contributed by atoms with Gasteiger partial charge >= 0.3 is 0 Å². The normalized spacial score (nSPS) is 11.7. The van der Waals surface area contributed by atoms with Crippen LogP contribution in [0.1, 0.15) is 12.5 Å². The lowest BCUT2D eigenvalue weighted by Gasteiger charge is -2.12. The van der Waals surface area contributed by atoms with Crippen molar-refractivity contribution >= 4 is 23.4 Å². The summed E-state index contributed by atoms with van der Waals surface area (Å²) < 4.78 is 5.09. The molecule has 0 saturated carbocycles. The van der Waals surface area contributed by atoms with Crippen LogP contribution in [0.25, 0.3) is 0 Å². The Morgan fingerprint density at radius 1 is 1.14 bits per heavy atom. The van der Waals surface area contributed by atoms with E-state index in [1.807, 2.05) is 49.4 Å². The van der Waals surface area contributed by atoms with Crippen molar-refractivity contribution in [3.8, 4) is 5.75 Å². The van der Waals surface area contributed by atoms with Gasteiger partial charge in [-0.05, 0) is 36.8 Å². The first-order chi connectivity index (χ1) is 10.2. The van der Waals surface area contributed by atoms with Crippen molar-refractivity contribution < 1.29 is 9.53 Å². The minimum absolute atomic E-state index is 0.0149. The topological polar surface area (TPSA) is 38.3 Å². The number of thioether (sulfide) groups is 1. The number of amides is 1. The summed E-state index contributed by atoms with van der Waals surface area (Å²) in [6.07, 6.45) is 0. The van der Waals surface area contributed by atoms with Crippen LogP contribution in [0.5, 0.6) is 5.75 Å². The molecule has 2 rings (SSSR count). The van der Waals surface area contributed by atoms with Gasteiger partial charge in [0.2, 0.25) is 5.91 Å². The highest BCUT2D eigenvalue weighted by atomic mass is 32.2. The molecule has 0 unspecified atom stereocenters. The minimum Gasteiger partial charge on any atom is -0.497 e. The predicted molar refractivity (Wildman–Crippen MR) is 88.8 cm³/mol. The van der Waals surface area contributed by atoms with Crippen molar-refractivity contribution in [3.05, 3.63) is 60.2 Å². The molecule has 0 radical (unpaired) electrons. The first-order valence-electron chi connectivity index (χ1n) is 6.79. The Balaban J connectivity index is 1.84. The van der Waals surface area contributed by atoms with Gasteiger partial charge in [0.05, 0.1) is 12.4 Å². The third kappa shape index (κ3) is 4.83. The molecular formula is C17H19NO2S. The minimum atomic E-state index is -0.104. The lowest BCUT2D eigenvalue weighted by Crippen LogP contribution is -2.22. The first-order valence-corrected chi connectivity index (χ1v) is 7.84. The van der Waals surface area contributed by atoms with E-state index in [4.69, 9.17) is 4.74 Å². The maximum atomic E-state index is 12.1. The van der Waals surface area contributed by atoms with E-state index in [9.17, 15) is 4.79 Å². The second-order valence-electron chi connectivity index (χ2n) is 4.66. The Kier molecular flexibility index (Phi) is 5.69. The van der Waals surface area contributed by atoms with Gasteiger partial charge in [-0.3, -0.25) is 4.79 Å². The highest BCUT2D eigenvalue weighted by Crippen LogP contribution is 2.20. The fourth-order valence-electron chi connectivity index (χ4n) is 1.79. The van der Waals surface area contributed by atoms with Crippen LogP contribution in [0.2, 0.25) is 0 Å². The third-order valence-corrected chi connectivity index (χ3v) is 4.28. The van der Waals surface area contributed by atoms with Crippen molar-refractivity contribution in [2.75, 3.05) is 12.4 Å². The maximum Gasteiger partial charge on any atom is 0.237 e. The molecule has 0 aliphatic heterocycles. The van der Waals surface area contributed by atoms with Gasteiger partial charge in [0.15, 0.2) is 0 Å². The van der Waals surface area contributed by atoms with E-state index in [2.05, 4.69) is 17.4 Å².